The van der Waals surface area contributed by atoms with Crippen LogP contribution in [0.2, 0.25) is 0 Å². The van der Waals surface area contributed by atoms with E-state index in [0.29, 0.717) is 44.7 Å². The van der Waals surface area contributed by atoms with Gasteiger partial charge in [0.1, 0.15) is 0 Å². The first-order chi connectivity index (χ1) is 9.63. The van der Waals surface area contributed by atoms with Crippen LogP contribution in [0.5, 0.6) is 0 Å². The summed E-state index contributed by atoms with van der Waals surface area (Å²) in [5, 5.41) is 13.5. The molecule has 0 amide bonds. The number of benzene rings is 1. The number of nitrogens with one attached hydrogen (secondary N) is 1. The second kappa shape index (κ2) is 6.83. The van der Waals surface area contributed by atoms with E-state index in [9.17, 15) is 9.90 Å². The molecule has 1 aliphatic rings. The Morgan fingerprint density at radius 3 is 2.60 bits per heavy atom. The van der Waals surface area contributed by atoms with Gasteiger partial charge in [0.15, 0.2) is 0 Å². The molecular formula is C15H21NO4. The highest BCUT2D eigenvalue weighted by Crippen LogP contribution is 2.19. The minimum absolute atomic E-state index is 0.332. The summed E-state index contributed by atoms with van der Waals surface area (Å²) in [6.45, 7) is 2.44. The van der Waals surface area contributed by atoms with Gasteiger partial charge in [-0.2, -0.15) is 0 Å². The minimum Gasteiger partial charge on any atom is -0.465 e. The predicted molar refractivity (Wildman–Crippen MR) is 74.5 cm³/mol. The van der Waals surface area contributed by atoms with Crippen LogP contribution < -0.4 is 5.32 Å². The van der Waals surface area contributed by atoms with Gasteiger partial charge in [0.05, 0.1) is 18.3 Å². The Balaban J connectivity index is 1.80. The van der Waals surface area contributed by atoms with Crippen molar-refractivity contribution >= 4 is 5.97 Å². The van der Waals surface area contributed by atoms with Gasteiger partial charge in [-0.3, -0.25) is 0 Å². The van der Waals surface area contributed by atoms with Crippen molar-refractivity contribution in [1.82, 2.24) is 5.32 Å². The molecule has 1 aromatic carbocycles. The van der Waals surface area contributed by atoms with Crippen LogP contribution in [-0.2, 0) is 16.0 Å². The number of ether oxygens (including phenoxy) is 2. The van der Waals surface area contributed by atoms with Gasteiger partial charge in [0.2, 0.25) is 0 Å². The lowest BCUT2D eigenvalue weighted by Crippen LogP contribution is -2.44. The number of hydrogen-bond donors (Lipinski definition) is 2. The van der Waals surface area contributed by atoms with Gasteiger partial charge < -0.3 is 19.9 Å². The molecule has 20 heavy (non-hydrogen) atoms. The van der Waals surface area contributed by atoms with E-state index in [1.165, 1.54) is 7.11 Å². The van der Waals surface area contributed by atoms with Crippen molar-refractivity contribution in [3.8, 4) is 0 Å². The van der Waals surface area contributed by atoms with Gasteiger partial charge >= 0.3 is 5.97 Å². The van der Waals surface area contributed by atoms with E-state index in [4.69, 9.17) is 4.74 Å². The zero-order valence-corrected chi connectivity index (χ0v) is 11.7. The highest BCUT2D eigenvalue weighted by Gasteiger charge is 2.28. The van der Waals surface area contributed by atoms with Gasteiger partial charge in [-0.25, -0.2) is 4.79 Å². The number of rotatable bonds is 5. The SMILES string of the molecule is COC(=O)c1ccc(CNCC2(O)CCOCC2)cc1. The van der Waals surface area contributed by atoms with E-state index in [2.05, 4.69) is 10.1 Å². The smallest absolute Gasteiger partial charge is 0.337 e. The predicted octanol–water partition coefficient (Wildman–Crippen LogP) is 1.10. The molecule has 2 rings (SSSR count). The maximum absolute atomic E-state index is 11.3. The Kier molecular flexibility index (Phi) is 5.11. The Hall–Kier alpha value is -1.43. The molecule has 1 heterocycles. The summed E-state index contributed by atoms with van der Waals surface area (Å²) < 4.78 is 9.89. The van der Waals surface area contributed by atoms with Crippen molar-refractivity contribution in [2.45, 2.75) is 25.0 Å². The van der Waals surface area contributed by atoms with Crippen LogP contribution in [0.25, 0.3) is 0 Å². The van der Waals surface area contributed by atoms with Crippen LogP contribution in [0, 0.1) is 0 Å². The zero-order chi connectivity index (χ0) is 14.4. The number of esters is 1. The second-order valence-corrected chi connectivity index (χ2v) is 5.13. The number of methoxy groups -OCH3 is 1. The van der Waals surface area contributed by atoms with Gasteiger partial charge in [0.25, 0.3) is 0 Å². The largest absolute Gasteiger partial charge is 0.465 e. The fraction of sp³-hybridized carbons (Fsp3) is 0.533. The zero-order valence-electron chi connectivity index (χ0n) is 11.7. The van der Waals surface area contributed by atoms with E-state index >= 15 is 0 Å². The monoisotopic (exact) mass is 279 g/mol. The first-order valence-corrected chi connectivity index (χ1v) is 6.81. The van der Waals surface area contributed by atoms with Crippen molar-refractivity contribution in [3.63, 3.8) is 0 Å². The third-order valence-electron chi connectivity index (χ3n) is 3.58. The molecule has 1 aromatic rings. The Morgan fingerprint density at radius 1 is 1.35 bits per heavy atom. The summed E-state index contributed by atoms with van der Waals surface area (Å²) in [5.41, 5.74) is 0.942. The molecular weight excluding hydrogens is 258 g/mol. The Labute approximate surface area is 118 Å². The van der Waals surface area contributed by atoms with E-state index in [1.54, 1.807) is 12.1 Å². The first-order valence-electron chi connectivity index (χ1n) is 6.81. The molecule has 0 bridgehead atoms. The molecule has 0 aliphatic carbocycles. The topological polar surface area (TPSA) is 67.8 Å². The van der Waals surface area contributed by atoms with Crippen molar-refractivity contribution in [2.24, 2.45) is 0 Å². The minimum atomic E-state index is -0.662. The van der Waals surface area contributed by atoms with Crippen LogP contribution in [-0.4, -0.2) is 43.5 Å². The van der Waals surface area contributed by atoms with E-state index in [1.807, 2.05) is 12.1 Å². The Morgan fingerprint density at radius 2 is 2.00 bits per heavy atom. The molecule has 5 nitrogen and oxygen atoms in total. The summed E-state index contributed by atoms with van der Waals surface area (Å²) in [7, 11) is 1.37. The molecule has 1 fully saturated rings. The standard InChI is InChI=1S/C15H21NO4/c1-19-14(17)13-4-2-12(3-5-13)10-16-11-15(18)6-8-20-9-7-15/h2-5,16,18H,6-11H2,1H3. The van der Waals surface area contributed by atoms with E-state index in [-0.39, 0.29) is 5.97 Å². The highest BCUT2D eigenvalue weighted by atomic mass is 16.5. The molecule has 5 heteroatoms. The van der Waals surface area contributed by atoms with Crippen molar-refractivity contribution in [1.29, 1.82) is 0 Å². The maximum atomic E-state index is 11.3. The molecule has 110 valence electrons. The lowest BCUT2D eigenvalue weighted by atomic mass is 9.94. The number of hydrogen-bond acceptors (Lipinski definition) is 5. The average Bonchev–Trinajstić information content (AvgIpc) is 2.48. The summed E-state index contributed by atoms with van der Waals surface area (Å²) in [4.78, 5) is 11.3. The quantitative estimate of drug-likeness (QED) is 0.790. The number of aliphatic hydroxyl groups is 1. The molecule has 1 aliphatic heterocycles. The van der Waals surface area contributed by atoms with E-state index < -0.39 is 5.60 Å². The van der Waals surface area contributed by atoms with Crippen LogP contribution in [0.1, 0.15) is 28.8 Å². The van der Waals surface area contributed by atoms with Gasteiger partial charge in [-0.15, -0.1) is 0 Å². The lowest BCUT2D eigenvalue weighted by molar-refractivity contribution is -0.0617. The summed E-state index contributed by atoms with van der Waals surface area (Å²) in [5.74, 6) is -0.332. The van der Waals surface area contributed by atoms with Gasteiger partial charge in [0, 0.05) is 39.1 Å². The van der Waals surface area contributed by atoms with Gasteiger partial charge in [-0.1, -0.05) is 12.1 Å². The van der Waals surface area contributed by atoms with E-state index in [0.717, 1.165) is 5.56 Å². The number of carbonyl (C=O) groups is 1. The van der Waals surface area contributed by atoms with Crippen LogP contribution in [0.15, 0.2) is 24.3 Å². The first kappa shape index (κ1) is 15.0. The summed E-state index contributed by atoms with van der Waals surface area (Å²) in [6.07, 6.45) is 1.34. The van der Waals surface area contributed by atoms with Crippen LogP contribution >= 0.6 is 0 Å². The molecule has 0 atom stereocenters. The normalized spacial score (nSPS) is 17.7. The fourth-order valence-corrected chi connectivity index (χ4v) is 2.24. The average molecular weight is 279 g/mol. The number of carbonyl (C=O) groups excluding carboxylic acids is 1. The van der Waals surface area contributed by atoms with Gasteiger partial charge in [-0.05, 0) is 17.7 Å². The lowest BCUT2D eigenvalue weighted by Gasteiger charge is -2.32. The third-order valence-corrected chi connectivity index (χ3v) is 3.58. The maximum Gasteiger partial charge on any atom is 0.337 e. The molecule has 1 saturated heterocycles. The molecule has 0 aromatic heterocycles. The second-order valence-electron chi connectivity index (χ2n) is 5.13. The Bertz CT molecular complexity index is 438. The van der Waals surface area contributed by atoms with Crippen molar-refractivity contribution < 1.29 is 19.4 Å². The highest BCUT2D eigenvalue weighted by molar-refractivity contribution is 5.89. The molecule has 2 N–H and O–H groups in total. The third kappa shape index (κ3) is 4.03. The summed E-state index contributed by atoms with van der Waals surface area (Å²) in [6, 6.07) is 7.25. The fourth-order valence-electron chi connectivity index (χ4n) is 2.24. The van der Waals surface area contributed by atoms with Crippen molar-refractivity contribution in [3.05, 3.63) is 35.4 Å². The molecule has 0 spiro atoms. The van der Waals surface area contributed by atoms with Crippen LogP contribution in [0.3, 0.4) is 0 Å². The molecule has 0 unspecified atom stereocenters. The molecule has 0 radical (unpaired) electrons. The molecule has 0 saturated carbocycles. The summed E-state index contributed by atoms with van der Waals surface area (Å²) >= 11 is 0. The van der Waals surface area contributed by atoms with Crippen LogP contribution in [0.4, 0.5) is 0 Å². The van der Waals surface area contributed by atoms with Crippen molar-refractivity contribution in [2.75, 3.05) is 26.9 Å².